The molecule has 140 valence electrons. The van der Waals surface area contributed by atoms with Crippen molar-refractivity contribution < 1.29 is 4.79 Å². The largest absolute Gasteiger partial charge is 0.356 e. The number of carbonyl (C=O) groups is 1. The number of hydrogen-bond acceptors (Lipinski definition) is 6. The number of hydrogen-bond donors (Lipinski definition) is 1. The van der Waals surface area contributed by atoms with Crippen LogP contribution >= 0.6 is 0 Å². The van der Waals surface area contributed by atoms with E-state index in [1.165, 1.54) is 38.5 Å². The van der Waals surface area contributed by atoms with E-state index in [9.17, 15) is 4.79 Å². The first-order chi connectivity index (χ1) is 12.8. The van der Waals surface area contributed by atoms with Gasteiger partial charge in [-0.15, -0.1) is 0 Å². The molecule has 0 unspecified atom stereocenters. The van der Waals surface area contributed by atoms with E-state index in [1.54, 1.807) is 6.20 Å². The summed E-state index contributed by atoms with van der Waals surface area (Å²) in [5.74, 6) is 0.863. The molecule has 2 fully saturated rings. The number of likely N-dealkylation sites (tertiary alicyclic amines) is 1. The fraction of sp³-hybridized carbons (Fsp3) is 0.684. The molecule has 0 atom stereocenters. The monoisotopic (exact) mass is 356 g/mol. The van der Waals surface area contributed by atoms with Gasteiger partial charge in [-0.1, -0.05) is 6.42 Å². The predicted molar refractivity (Wildman–Crippen MR) is 99.6 cm³/mol. The number of rotatable bonds is 6. The van der Waals surface area contributed by atoms with Gasteiger partial charge in [-0.3, -0.25) is 4.79 Å². The Hall–Kier alpha value is -2.20. The zero-order chi connectivity index (χ0) is 18.2. The zero-order valence-corrected chi connectivity index (χ0v) is 15.4. The third kappa shape index (κ3) is 4.92. The van der Waals surface area contributed by atoms with Gasteiger partial charge in [0.05, 0.1) is 0 Å². The highest BCUT2D eigenvalue weighted by Crippen LogP contribution is 2.23. The van der Waals surface area contributed by atoms with Crippen LogP contribution in [0.5, 0.6) is 0 Å². The molecule has 1 aromatic rings. The van der Waals surface area contributed by atoms with Crippen LogP contribution in [0, 0.1) is 17.2 Å². The van der Waals surface area contributed by atoms with E-state index in [2.05, 4.69) is 31.2 Å². The number of carbonyl (C=O) groups excluding carboxylic acids is 1. The average Bonchev–Trinajstić information content (AvgIpc) is 2.72. The van der Waals surface area contributed by atoms with Gasteiger partial charge in [0, 0.05) is 37.9 Å². The minimum atomic E-state index is 0.0587. The van der Waals surface area contributed by atoms with Crippen LogP contribution in [0.2, 0.25) is 0 Å². The quantitative estimate of drug-likeness (QED) is 0.779. The van der Waals surface area contributed by atoms with E-state index in [1.807, 2.05) is 0 Å². The van der Waals surface area contributed by atoms with Crippen LogP contribution in [0.25, 0.3) is 0 Å². The number of nitrogens with one attached hydrogen (secondary N) is 1. The maximum atomic E-state index is 12.4. The zero-order valence-electron chi connectivity index (χ0n) is 15.4. The molecule has 26 heavy (non-hydrogen) atoms. The van der Waals surface area contributed by atoms with Crippen LogP contribution < -0.4 is 10.2 Å². The maximum Gasteiger partial charge on any atom is 0.223 e. The summed E-state index contributed by atoms with van der Waals surface area (Å²) in [5.41, 5.74) is 0.355. The highest BCUT2D eigenvalue weighted by atomic mass is 16.1. The summed E-state index contributed by atoms with van der Waals surface area (Å²) >= 11 is 0. The number of aromatic nitrogens is 2. The van der Waals surface area contributed by atoms with Crippen molar-refractivity contribution in [2.75, 3.05) is 44.2 Å². The first kappa shape index (κ1) is 18.6. The number of piperidine rings is 2. The molecule has 1 aromatic heterocycles. The van der Waals surface area contributed by atoms with Gasteiger partial charge in [-0.25, -0.2) is 9.97 Å². The van der Waals surface area contributed by atoms with E-state index < -0.39 is 0 Å². The summed E-state index contributed by atoms with van der Waals surface area (Å²) in [6, 6.07) is 2.09. The Balaban J connectivity index is 1.37. The molecule has 0 aromatic carbocycles. The Bertz CT molecular complexity index is 629. The Labute approximate surface area is 155 Å². The van der Waals surface area contributed by atoms with Gasteiger partial charge < -0.3 is 15.1 Å². The molecular weight excluding hydrogens is 328 g/mol. The molecule has 2 aliphatic rings. The molecule has 7 nitrogen and oxygen atoms in total. The smallest absolute Gasteiger partial charge is 0.223 e. The molecule has 3 rings (SSSR count). The summed E-state index contributed by atoms with van der Waals surface area (Å²) in [6.07, 6.45) is 9.73. The fourth-order valence-corrected chi connectivity index (χ4v) is 3.84. The van der Waals surface area contributed by atoms with Crippen LogP contribution in [0.3, 0.4) is 0 Å². The van der Waals surface area contributed by atoms with E-state index >= 15 is 0 Å². The second-order valence-corrected chi connectivity index (χ2v) is 7.15. The van der Waals surface area contributed by atoms with Crippen LogP contribution in [-0.2, 0) is 4.79 Å². The molecule has 0 saturated carbocycles. The minimum Gasteiger partial charge on any atom is -0.356 e. The number of anilines is 1. The van der Waals surface area contributed by atoms with Gasteiger partial charge in [-0.05, 0) is 51.7 Å². The van der Waals surface area contributed by atoms with Crippen molar-refractivity contribution >= 4 is 11.7 Å². The lowest BCUT2D eigenvalue weighted by Crippen LogP contribution is -2.42. The Morgan fingerprint density at radius 3 is 2.62 bits per heavy atom. The molecule has 0 radical (unpaired) electrons. The van der Waals surface area contributed by atoms with Crippen molar-refractivity contribution in [3.05, 3.63) is 18.1 Å². The van der Waals surface area contributed by atoms with E-state index in [-0.39, 0.29) is 11.8 Å². The lowest BCUT2D eigenvalue weighted by Gasteiger charge is -2.32. The first-order valence-corrected chi connectivity index (χ1v) is 9.74. The summed E-state index contributed by atoms with van der Waals surface area (Å²) < 4.78 is 0. The maximum absolute atomic E-state index is 12.4. The van der Waals surface area contributed by atoms with E-state index in [4.69, 9.17) is 5.26 Å². The SMILES string of the molecule is N#Cc1nccnc1N1CCC(C(=O)NCCCN2CCCCC2)CC1. The van der Waals surface area contributed by atoms with Crippen molar-refractivity contribution in [2.24, 2.45) is 5.92 Å². The normalized spacial score (nSPS) is 19.1. The van der Waals surface area contributed by atoms with Gasteiger partial charge in [-0.2, -0.15) is 5.26 Å². The molecule has 1 N–H and O–H groups in total. The Morgan fingerprint density at radius 2 is 1.88 bits per heavy atom. The van der Waals surface area contributed by atoms with Crippen molar-refractivity contribution in [1.29, 1.82) is 5.26 Å². The molecule has 0 aliphatic carbocycles. The highest BCUT2D eigenvalue weighted by molar-refractivity contribution is 5.79. The topological polar surface area (TPSA) is 85.1 Å². The van der Waals surface area contributed by atoms with Gasteiger partial charge >= 0.3 is 0 Å². The van der Waals surface area contributed by atoms with Gasteiger partial charge in [0.25, 0.3) is 0 Å². The van der Waals surface area contributed by atoms with Crippen LogP contribution in [0.1, 0.15) is 44.2 Å². The molecule has 3 heterocycles. The molecule has 2 saturated heterocycles. The molecule has 0 spiro atoms. The standard InChI is InChI=1S/C19H28N6O/c20-15-17-18(22-9-8-21-17)25-13-5-16(6-14-25)19(26)23-7-4-12-24-10-2-1-3-11-24/h8-9,16H,1-7,10-14H2,(H,23,26). The summed E-state index contributed by atoms with van der Waals surface area (Å²) in [4.78, 5) is 25.3. The Kier molecular flexibility index (Phi) is 6.78. The van der Waals surface area contributed by atoms with Gasteiger partial charge in [0.15, 0.2) is 11.5 Å². The third-order valence-electron chi connectivity index (χ3n) is 5.35. The fourth-order valence-electron chi connectivity index (χ4n) is 3.84. The summed E-state index contributed by atoms with van der Waals surface area (Å²) in [5, 5.41) is 12.3. The van der Waals surface area contributed by atoms with E-state index in [0.29, 0.717) is 11.5 Å². The number of nitrogens with zero attached hydrogens (tertiary/aromatic N) is 5. The highest BCUT2D eigenvalue weighted by Gasteiger charge is 2.26. The lowest BCUT2D eigenvalue weighted by atomic mass is 9.96. The van der Waals surface area contributed by atoms with E-state index in [0.717, 1.165) is 45.4 Å². The van der Waals surface area contributed by atoms with Gasteiger partial charge in [0.1, 0.15) is 6.07 Å². The predicted octanol–water partition coefficient (Wildman–Crippen LogP) is 1.56. The molecule has 7 heteroatoms. The van der Waals surface area contributed by atoms with Crippen molar-refractivity contribution in [3.8, 4) is 6.07 Å². The van der Waals surface area contributed by atoms with Crippen LogP contribution in [0.15, 0.2) is 12.4 Å². The lowest BCUT2D eigenvalue weighted by molar-refractivity contribution is -0.125. The van der Waals surface area contributed by atoms with Crippen LogP contribution in [-0.4, -0.2) is 60.0 Å². The molecule has 1 amide bonds. The number of nitriles is 1. The molecule has 0 bridgehead atoms. The summed E-state index contributed by atoms with van der Waals surface area (Å²) in [6.45, 7) is 5.73. The van der Waals surface area contributed by atoms with Crippen LogP contribution in [0.4, 0.5) is 5.82 Å². The average molecular weight is 356 g/mol. The first-order valence-electron chi connectivity index (χ1n) is 9.74. The van der Waals surface area contributed by atoms with Crippen molar-refractivity contribution in [3.63, 3.8) is 0 Å². The van der Waals surface area contributed by atoms with Crippen molar-refractivity contribution in [2.45, 2.75) is 38.5 Å². The number of amides is 1. The summed E-state index contributed by atoms with van der Waals surface area (Å²) in [7, 11) is 0. The second-order valence-electron chi connectivity index (χ2n) is 7.15. The molecular formula is C19H28N6O. The Morgan fingerprint density at radius 1 is 1.15 bits per heavy atom. The van der Waals surface area contributed by atoms with Crippen molar-refractivity contribution in [1.82, 2.24) is 20.2 Å². The molecule has 2 aliphatic heterocycles. The third-order valence-corrected chi connectivity index (χ3v) is 5.35. The second kappa shape index (κ2) is 9.48. The minimum absolute atomic E-state index is 0.0587. The van der Waals surface area contributed by atoms with Gasteiger partial charge in [0.2, 0.25) is 5.91 Å².